The number of amides is 1. The molecule has 1 aromatic carbocycles. The van der Waals surface area contributed by atoms with Crippen molar-refractivity contribution in [3.05, 3.63) is 30.3 Å². The highest BCUT2D eigenvalue weighted by Gasteiger charge is 2.36. The Morgan fingerprint density at radius 1 is 1.33 bits per heavy atom. The van der Waals surface area contributed by atoms with E-state index in [1.165, 1.54) is 11.5 Å². The molecule has 146 valence electrons. The molecule has 5 nitrogen and oxygen atoms in total. The van der Waals surface area contributed by atoms with Crippen molar-refractivity contribution < 1.29 is 18.0 Å². The lowest BCUT2D eigenvalue weighted by Crippen LogP contribution is -2.47. The van der Waals surface area contributed by atoms with Crippen LogP contribution in [-0.4, -0.2) is 52.5 Å². The Labute approximate surface area is 160 Å². The van der Waals surface area contributed by atoms with Gasteiger partial charge in [0.25, 0.3) is 0 Å². The van der Waals surface area contributed by atoms with Crippen LogP contribution in [-0.2, 0) is 4.79 Å². The predicted molar refractivity (Wildman–Crippen MR) is 98.6 cm³/mol. The molecule has 1 unspecified atom stereocenters. The van der Waals surface area contributed by atoms with Crippen LogP contribution in [0.5, 0.6) is 0 Å². The lowest BCUT2D eigenvalue weighted by molar-refractivity contribution is -0.163. The van der Waals surface area contributed by atoms with Gasteiger partial charge in [-0.1, -0.05) is 30.3 Å². The van der Waals surface area contributed by atoms with Crippen LogP contribution in [0.15, 0.2) is 30.3 Å². The molecular weight excluding hydrogens is 377 g/mol. The fraction of sp³-hybridized carbons (Fsp3) is 0.500. The van der Waals surface area contributed by atoms with Gasteiger partial charge in [-0.2, -0.15) is 22.5 Å². The molecule has 2 heterocycles. The molecule has 0 spiro atoms. The number of nitrogens with zero attached hydrogens (tertiary/aromatic N) is 4. The number of aromatic nitrogens is 2. The first-order valence-corrected chi connectivity index (χ1v) is 9.64. The molecule has 1 aromatic heterocycles. The topological polar surface area (TPSA) is 49.3 Å². The van der Waals surface area contributed by atoms with Gasteiger partial charge in [-0.15, -0.1) is 0 Å². The van der Waals surface area contributed by atoms with Gasteiger partial charge in [-0.25, -0.2) is 0 Å². The molecule has 1 aliphatic rings. The highest BCUT2D eigenvalue weighted by Crippen LogP contribution is 2.29. The van der Waals surface area contributed by atoms with Crippen LogP contribution in [0.25, 0.3) is 11.4 Å². The highest BCUT2D eigenvalue weighted by molar-refractivity contribution is 7.09. The fourth-order valence-corrected chi connectivity index (χ4v) is 3.94. The zero-order valence-corrected chi connectivity index (χ0v) is 15.8. The van der Waals surface area contributed by atoms with E-state index in [0.29, 0.717) is 23.9 Å². The summed E-state index contributed by atoms with van der Waals surface area (Å²) < 4.78 is 42.5. The number of rotatable bonds is 5. The van der Waals surface area contributed by atoms with Crippen LogP contribution in [0.1, 0.15) is 19.8 Å². The predicted octanol–water partition coefficient (Wildman–Crippen LogP) is 3.83. The number of hydrogen-bond donors (Lipinski definition) is 0. The summed E-state index contributed by atoms with van der Waals surface area (Å²) in [6.45, 7) is 1.51. The van der Waals surface area contributed by atoms with Crippen molar-refractivity contribution in [2.75, 3.05) is 31.1 Å². The van der Waals surface area contributed by atoms with Crippen molar-refractivity contribution in [3.63, 3.8) is 0 Å². The minimum absolute atomic E-state index is 0.0474. The van der Waals surface area contributed by atoms with E-state index < -0.39 is 24.5 Å². The Bertz CT molecular complexity index is 765. The van der Waals surface area contributed by atoms with E-state index in [1.54, 1.807) is 6.92 Å². The summed E-state index contributed by atoms with van der Waals surface area (Å²) in [5.41, 5.74) is 0.909. The second-order valence-corrected chi connectivity index (χ2v) is 7.25. The number of halogens is 3. The van der Waals surface area contributed by atoms with Crippen LogP contribution in [0.2, 0.25) is 0 Å². The minimum Gasteiger partial charge on any atom is -0.346 e. The van der Waals surface area contributed by atoms with Gasteiger partial charge in [-0.05, 0) is 19.8 Å². The Kier molecular flexibility index (Phi) is 5.98. The van der Waals surface area contributed by atoms with Gasteiger partial charge in [0.05, 0.1) is 5.92 Å². The summed E-state index contributed by atoms with van der Waals surface area (Å²) in [5.74, 6) is -0.270. The van der Waals surface area contributed by atoms with E-state index in [2.05, 4.69) is 9.36 Å². The number of carbonyl (C=O) groups is 1. The lowest BCUT2D eigenvalue weighted by atomic mass is 9.97. The first-order valence-electron chi connectivity index (χ1n) is 8.87. The van der Waals surface area contributed by atoms with Crippen molar-refractivity contribution in [3.8, 4) is 11.4 Å². The van der Waals surface area contributed by atoms with E-state index >= 15 is 0 Å². The highest BCUT2D eigenvalue weighted by atomic mass is 32.1. The average Bonchev–Trinajstić information content (AvgIpc) is 3.16. The molecule has 1 saturated heterocycles. The van der Waals surface area contributed by atoms with E-state index in [0.717, 1.165) is 23.4 Å². The fourth-order valence-electron chi connectivity index (χ4n) is 3.22. The number of benzene rings is 1. The monoisotopic (exact) mass is 398 g/mol. The van der Waals surface area contributed by atoms with Gasteiger partial charge in [-0.3, -0.25) is 4.79 Å². The van der Waals surface area contributed by atoms with Crippen LogP contribution in [0.3, 0.4) is 0 Å². The molecule has 0 aliphatic carbocycles. The van der Waals surface area contributed by atoms with Crippen molar-refractivity contribution in [1.82, 2.24) is 14.3 Å². The van der Waals surface area contributed by atoms with Gasteiger partial charge in [0.2, 0.25) is 11.0 Å². The maximum atomic E-state index is 12.7. The Morgan fingerprint density at radius 2 is 2.07 bits per heavy atom. The summed E-state index contributed by atoms with van der Waals surface area (Å²) >= 11 is 1.25. The van der Waals surface area contributed by atoms with Crippen LogP contribution in [0.4, 0.5) is 18.3 Å². The Morgan fingerprint density at radius 3 is 2.74 bits per heavy atom. The summed E-state index contributed by atoms with van der Waals surface area (Å²) in [5, 5.41) is 0.699. The number of hydrogen-bond acceptors (Lipinski definition) is 5. The number of alkyl halides is 3. The van der Waals surface area contributed by atoms with E-state index in [1.807, 2.05) is 35.2 Å². The van der Waals surface area contributed by atoms with Crippen molar-refractivity contribution >= 4 is 22.6 Å². The average molecular weight is 398 g/mol. The summed E-state index contributed by atoms with van der Waals surface area (Å²) in [7, 11) is 0. The van der Waals surface area contributed by atoms with Gasteiger partial charge < -0.3 is 9.80 Å². The molecule has 1 aliphatic heterocycles. The summed E-state index contributed by atoms with van der Waals surface area (Å²) in [6, 6.07) is 9.57. The molecule has 1 atom stereocenters. The number of anilines is 1. The third-order valence-corrected chi connectivity index (χ3v) is 5.33. The zero-order valence-electron chi connectivity index (χ0n) is 14.9. The molecule has 2 aromatic rings. The first kappa shape index (κ1) is 19.6. The van der Waals surface area contributed by atoms with Gasteiger partial charge >= 0.3 is 6.18 Å². The lowest BCUT2D eigenvalue weighted by Gasteiger charge is -2.34. The van der Waals surface area contributed by atoms with Crippen molar-refractivity contribution in [2.24, 2.45) is 5.92 Å². The van der Waals surface area contributed by atoms with Gasteiger partial charge in [0, 0.05) is 36.7 Å². The third-order valence-electron chi connectivity index (χ3n) is 4.55. The van der Waals surface area contributed by atoms with Crippen molar-refractivity contribution in [1.29, 1.82) is 0 Å². The van der Waals surface area contributed by atoms with Gasteiger partial charge in [0.15, 0.2) is 5.82 Å². The normalized spacial score (nSPS) is 17.8. The molecule has 0 radical (unpaired) electrons. The van der Waals surface area contributed by atoms with Gasteiger partial charge in [0.1, 0.15) is 6.54 Å². The minimum atomic E-state index is -4.39. The van der Waals surface area contributed by atoms with Crippen LogP contribution in [0, 0.1) is 5.92 Å². The van der Waals surface area contributed by atoms with Crippen LogP contribution < -0.4 is 4.90 Å². The molecule has 3 rings (SSSR count). The number of carbonyl (C=O) groups excluding carboxylic acids is 1. The summed E-state index contributed by atoms with van der Waals surface area (Å²) in [4.78, 5) is 20.0. The maximum absolute atomic E-state index is 12.7. The van der Waals surface area contributed by atoms with Crippen molar-refractivity contribution in [2.45, 2.75) is 25.9 Å². The molecule has 1 fully saturated rings. The Hall–Kier alpha value is -2.16. The molecule has 0 saturated carbocycles. The first-order chi connectivity index (χ1) is 12.9. The molecule has 27 heavy (non-hydrogen) atoms. The molecule has 0 bridgehead atoms. The smallest absolute Gasteiger partial charge is 0.346 e. The van der Waals surface area contributed by atoms with E-state index in [-0.39, 0.29) is 6.54 Å². The zero-order chi connectivity index (χ0) is 19.4. The quantitative estimate of drug-likeness (QED) is 0.768. The third kappa shape index (κ3) is 4.97. The maximum Gasteiger partial charge on any atom is 0.406 e. The second kappa shape index (κ2) is 8.24. The molecule has 9 heteroatoms. The summed E-state index contributed by atoms with van der Waals surface area (Å²) in [6.07, 6.45) is -3.06. The van der Waals surface area contributed by atoms with E-state index in [9.17, 15) is 18.0 Å². The molecular formula is C18H21F3N4OS. The SMILES string of the molecule is CCN(CC(F)(F)F)C(=O)C1CCCN(c2nc(-c3ccccc3)ns2)C1. The number of piperidine rings is 1. The van der Waals surface area contributed by atoms with E-state index in [4.69, 9.17) is 0 Å². The molecule has 1 amide bonds. The molecule has 0 N–H and O–H groups in total. The standard InChI is InChI=1S/C18H21F3N4OS/c1-2-24(12-18(19,20)21)16(26)14-9-6-10-25(11-14)17-22-15(23-27-17)13-7-4-3-5-8-13/h3-5,7-8,14H,2,6,9-12H2,1H3. The largest absolute Gasteiger partial charge is 0.406 e. The van der Waals surface area contributed by atoms with Crippen LogP contribution >= 0.6 is 11.5 Å². The Balaban J connectivity index is 1.69. The second-order valence-electron chi connectivity index (χ2n) is 6.52.